The van der Waals surface area contributed by atoms with Crippen molar-refractivity contribution in [1.82, 2.24) is 9.62 Å². The fraction of sp³-hybridized carbons (Fsp3) is 0.286. The van der Waals surface area contributed by atoms with Crippen LogP contribution in [0.5, 0.6) is 0 Å². The second-order valence-corrected chi connectivity index (χ2v) is 8.90. The summed E-state index contributed by atoms with van der Waals surface area (Å²) in [4.78, 5) is 1.00. The molecule has 2 aromatic rings. The highest BCUT2D eigenvalue weighted by molar-refractivity contribution is 9.10. The molecular weight excluding hydrogens is 372 g/mol. The van der Waals surface area contributed by atoms with E-state index in [1.54, 1.807) is 13.1 Å². The number of nitrogens with one attached hydrogen (secondary N) is 1. The van der Waals surface area contributed by atoms with Gasteiger partial charge in [-0.3, -0.25) is 0 Å². The van der Waals surface area contributed by atoms with Crippen LogP contribution in [-0.4, -0.2) is 26.8 Å². The van der Waals surface area contributed by atoms with Crippen molar-refractivity contribution in [1.29, 1.82) is 0 Å². The average Bonchev–Trinajstić information content (AvgIpc) is 2.91. The van der Waals surface area contributed by atoms with Crippen LogP contribution in [0.1, 0.15) is 10.4 Å². The number of thiophene rings is 1. The van der Waals surface area contributed by atoms with Gasteiger partial charge in [0.05, 0.1) is 0 Å². The van der Waals surface area contributed by atoms with Crippen molar-refractivity contribution < 1.29 is 8.42 Å². The maximum Gasteiger partial charge on any atom is 0.252 e. The van der Waals surface area contributed by atoms with Crippen LogP contribution in [0.15, 0.2) is 45.1 Å². The lowest BCUT2D eigenvalue weighted by atomic mass is 10.2. The number of sulfonamides is 1. The van der Waals surface area contributed by atoms with Crippen LogP contribution in [0, 0.1) is 0 Å². The van der Waals surface area contributed by atoms with E-state index >= 15 is 0 Å². The zero-order valence-electron chi connectivity index (χ0n) is 11.8. The van der Waals surface area contributed by atoms with Gasteiger partial charge in [0.25, 0.3) is 10.0 Å². The molecular formula is C14H17BrN2O2S2. The molecule has 0 bridgehead atoms. The highest BCUT2D eigenvalue weighted by Gasteiger charge is 2.23. The number of rotatable bonds is 6. The Hall–Kier alpha value is -0.730. The van der Waals surface area contributed by atoms with Crippen LogP contribution in [-0.2, 0) is 23.1 Å². The molecule has 114 valence electrons. The molecule has 7 heteroatoms. The van der Waals surface area contributed by atoms with Crippen molar-refractivity contribution in [3.8, 4) is 0 Å². The van der Waals surface area contributed by atoms with Crippen LogP contribution >= 0.6 is 27.3 Å². The lowest BCUT2D eigenvalue weighted by Gasteiger charge is -2.16. The monoisotopic (exact) mass is 388 g/mol. The molecule has 0 unspecified atom stereocenters. The van der Waals surface area contributed by atoms with Gasteiger partial charge in [-0.15, -0.1) is 11.3 Å². The lowest BCUT2D eigenvalue weighted by molar-refractivity contribution is 0.468. The van der Waals surface area contributed by atoms with Gasteiger partial charge in [0.15, 0.2) is 0 Å². The Labute approximate surface area is 138 Å². The molecule has 1 heterocycles. The third-order valence-electron chi connectivity index (χ3n) is 3.00. The highest BCUT2D eigenvalue weighted by atomic mass is 79.9. The third-order valence-corrected chi connectivity index (χ3v) is 7.13. The molecule has 0 fully saturated rings. The Morgan fingerprint density at radius 2 is 1.95 bits per heavy atom. The van der Waals surface area contributed by atoms with Crippen molar-refractivity contribution in [3.05, 3.63) is 51.3 Å². The summed E-state index contributed by atoms with van der Waals surface area (Å²) >= 11 is 4.75. The fourth-order valence-electron chi connectivity index (χ4n) is 1.87. The molecule has 2 rings (SSSR count). The van der Waals surface area contributed by atoms with Gasteiger partial charge in [-0.05, 0) is 30.8 Å². The van der Waals surface area contributed by atoms with Gasteiger partial charge < -0.3 is 5.32 Å². The fourth-order valence-corrected chi connectivity index (χ4v) is 5.01. The lowest BCUT2D eigenvalue weighted by Crippen LogP contribution is -2.25. The molecule has 0 atom stereocenters. The van der Waals surface area contributed by atoms with E-state index in [1.807, 2.05) is 37.4 Å². The Kier molecular flexibility index (Phi) is 5.56. The quantitative estimate of drug-likeness (QED) is 0.826. The molecule has 21 heavy (non-hydrogen) atoms. The van der Waals surface area contributed by atoms with Gasteiger partial charge in [0.1, 0.15) is 4.21 Å². The zero-order chi connectivity index (χ0) is 15.5. The summed E-state index contributed by atoms with van der Waals surface area (Å²) in [5.74, 6) is 0. The Bertz CT molecular complexity index is 713. The maximum absolute atomic E-state index is 12.6. The SMILES string of the molecule is CNCc1ccc(S(=O)(=O)N(C)Cc2ccccc2Br)s1. The number of hydrogen-bond donors (Lipinski definition) is 1. The van der Waals surface area contributed by atoms with Crippen molar-refractivity contribution in [2.45, 2.75) is 17.3 Å². The van der Waals surface area contributed by atoms with E-state index in [2.05, 4.69) is 21.2 Å². The molecule has 0 spiro atoms. The maximum atomic E-state index is 12.6. The van der Waals surface area contributed by atoms with Crippen LogP contribution in [0.25, 0.3) is 0 Å². The smallest absolute Gasteiger partial charge is 0.252 e. The number of benzene rings is 1. The highest BCUT2D eigenvalue weighted by Crippen LogP contribution is 2.26. The number of nitrogens with zero attached hydrogens (tertiary/aromatic N) is 1. The topological polar surface area (TPSA) is 49.4 Å². The molecule has 1 N–H and O–H groups in total. The molecule has 0 saturated heterocycles. The van der Waals surface area contributed by atoms with E-state index in [-0.39, 0.29) is 0 Å². The van der Waals surface area contributed by atoms with Crippen LogP contribution in [0.3, 0.4) is 0 Å². The minimum Gasteiger partial charge on any atom is -0.315 e. The van der Waals surface area contributed by atoms with Gasteiger partial charge in [0.2, 0.25) is 0 Å². The van der Waals surface area contributed by atoms with E-state index in [9.17, 15) is 8.42 Å². The van der Waals surface area contributed by atoms with Gasteiger partial charge in [-0.1, -0.05) is 34.1 Å². The molecule has 0 aliphatic carbocycles. The summed E-state index contributed by atoms with van der Waals surface area (Å²) in [6.45, 7) is 1.01. The molecule has 0 saturated carbocycles. The summed E-state index contributed by atoms with van der Waals surface area (Å²) in [5.41, 5.74) is 0.940. The van der Waals surface area contributed by atoms with Crippen molar-refractivity contribution in [2.75, 3.05) is 14.1 Å². The molecule has 0 aliphatic heterocycles. The summed E-state index contributed by atoms with van der Waals surface area (Å²) in [7, 11) is -0.00454. The van der Waals surface area contributed by atoms with Crippen molar-refractivity contribution in [2.24, 2.45) is 0 Å². The third kappa shape index (κ3) is 3.92. The Balaban J connectivity index is 2.20. The summed E-state index contributed by atoms with van der Waals surface area (Å²) < 4.78 is 27.8. The number of halogens is 1. The molecule has 1 aromatic carbocycles. The molecule has 0 amide bonds. The zero-order valence-corrected chi connectivity index (χ0v) is 15.1. The van der Waals surface area contributed by atoms with Crippen molar-refractivity contribution in [3.63, 3.8) is 0 Å². The van der Waals surface area contributed by atoms with Gasteiger partial charge >= 0.3 is 0 Å². The van der Waals surface area contributed by atoms with E-state index in [1.165, 1.54) is 15.6 Å². The van der Waals surface area contributed by atoms with Crippen LogP contribution in [0.2, 0.25) is 0 Å². The van der Waals surface area contributed by atoms with Crippen molar-refractivity contribution >= 4 is 37.3 Å². The minimum absolute atomic E-state index is 0.336. The first-order valence-corrected chi connectivity index (χ1v) is 9.43. The summed E-state index contributed by atoms with van der Waals surface area (Å²) in [6, 6.07) is 11.1. The summed E-state index contributed by atoms with van der Waals surface area (Å²) in [5, 5.41) is 3.02. The van der Waals surface area contributed by atoms with Gasteiger partial charge in [0, 0.05) is 29.5 Å². The normalized spacial score (nSPS) is 12.0. The molecule has 0 aliphatic rings. The van der Waals surface area contributed by atoms with E-state index in [4.69, 9.17) is 0 Å². The first-order chi connectivity index (χ1) is 9.95. The molecule has 1 aromatic heterocycles. The first kappa shape index (κ1) is 16.6. The average molecular weight is 389 g/mol. The predicted octanol–water partition coefficient (Wildman–Crippen LogP) is 3.05. The first-order valence-electron chi connectivity index (χ1n) is 6.38. The van der Waals surface area contributed by atoms with Crippen LogP contribution < -0.4 is 5.32 Å². The van der Waals surface area contributed by atoms with E-state index in [0.717, 1.165) is 14.9 Å². The minimum atomic E-state index is -3.45. The molecule has 4 nitrogen and oxygen atoms in total. The Morgan fingerprint density at radius 1 is 1.24 bits per heavy atom. The van der Waals surface area contributed by atoms with E-state index < -0.39 is 10.0 Å². The predicted molar refractivity (Wildman–Crippen MR) is 89.9 cm³/mol. The Morgan fingerprint density at radius 3 is 2.62 bits per heavy atom. The van der Waals surface area contributed by atoms with Crippen LogP contribution in [0.4, 0.5) is 0 Å². The van der Waals surface area contributed by atoms with Gasteiger partial charge in [-0.25, -0.2) is 8.42 Å². The van der Waals surface area contributed by atoms with Gasteiger partial charge in [-0.2, -0.15) is 4.31 Å². The summed E-state index contributed by atoms with van der Waals surface area (Å²) in [6.07, 6.45) is 0. The second-order valence-electron chi connectivity index (χ2n) is 4.60. The molecule has 0 radical (unpaired) electrons. The largest absolute Gasteiger partial charge is 0.315 e. The number of hydrogen-bond acceptors (Lipinski definition) is 4. The van der Waals surface area contributed by atoms with E-state index in [0.29, 0.717) is 17.3 Å². The standard InChI is InChI=1S/C14H17BrN2O2S2/c1-16-9-12-7-8-14(20-12)21(18,19)17(2)10-11-5-3-4-6-13(11)15/h3-8,16H,9-10H2,1-2H3. The second kappa shape index (κ2) is 7.02.